The lowest BCUT2D eigenvalue weighted by molar-refractivity contribution is -0.128. The quantitative estimate of drug-likeness (QED) is 0.852. The van der Waals surface area contributed by atoms with E-state index in [0.717, 1.165) is 30.6 Å². The normalized spacial score (nSPS) is 18.6. The first-order chi connectivity index (χ1) is 8.77. The summed E-state index contributed by atoms with van der Waals surface area (Å²) in [5.74, 6) is -0.111. The maximum Gasteiger partial charge on any atom is 0.240 e. The first kappa shape index (κ1) is 13.0. The van der Waals surface area contributed by atoms with Crippen molar-refractivity contribution in [1.29, 1.82) is 5.26 Å². The van der Waals surface area contributed by atoms with Gasteiger partial charge in [0.15, 0.2) is 0 Å². The minimum atomic E-state index is -0.804. The maximum absolute atomic E-state index is 12.2. The van der Waals surface area contributed by atoms with Gasteiger partial charge in [-0.15, -0.1) is 11.3 Å². The fraction of sp³-hybridized carbons (Fsp3) is 0.615. The van der Waals surface area contributed by atoms with Crippen molar-refractivity contribution in [2.75, 3.05) is 0 Å². The van der Waals surface area contributed by atoms with E-state index in [0.29, 0.717) is 19.4 Å². The number of carbonyl (C=O) groups is 1. The van der Waals surface area contributed by atoms with Gasteiger partial charge in [-0.3, -0.25) is 9.78 Å². The Hall–Kier alpha value is -1.41. The average Bonchev–Trinajstić information content (AvgIpc) is 2.79. The van der Waals surface area contributed by atoms with E-state index in [4.69, 9.17) is 0 Å². The van der Waals surface area contributed by atoms with Crippen LogP contribution < -0.4 is 5.32 Å². The van der Waals surface area contributed by atoms with E-state index >= 15 is 0 Å². The zero-order chi connectivity index (χ0) is 12.8. The smallest absolute Gasteiger partial charge is 0.240 e. The predicted octanol–water partition coefficient (Wildman–Crippen LogP) is 2.62. The minimum absolute atomic E-state index is 0.111. The number of hydrogen-bond donors (Lipinski definition) is 1. The lowest BCUT2D eigenvalue weighted by atomic mass is 9.81. The monoisotopic (exact) mass is 263 g/mol. The van der Waals surface area contributed by atoms with E-state index in [-0.39, 0.29) is 5.91 Å². The largest absolute Gasteiger partial charge is 0.350 e. The molecule has 2 rings (SSSR count). The molecule has 5 heteroatoms. The lowest BCUT2D eigenvalue weighted by Gasteiger charge is -2.23. The molecule has 0 aromatic carbocycles. The molecule has 18 heavy (non-hydrogen) atoms. The summed E-state index contributed by atoms with van der Waals surface area (Å²) in [7, 11) is 0. The van der Waals surface area contributed by atoms with Crippen LogP contribution in [0, 0.1) is 16.7 Å². The van der Waals surface area contributed by atoms with Crippen molar-refractivity contribution in [3.8, 4) is 6.07 Å². The van der Waals surface area contributed by atoms with Gasteiger partial charge in [0, 0.05) is 11.1 Å². The van der Waals surface area contributed by atoms with Gasteiger partial charge in [-0.1, -0.05) is 25.7 Å². The standard InChI is InChI=1S/C13H17N3OS/c14-9-13(5-3-1-2-4-6-13)12(17)16-8-11-7-15-10-18-11/h7,10H,1-6,8H2,(H,16,17). The average molecular weight is 263 g/mol. The third-order valence-corrected chi connectivity index (χ3v) is 4.29. The third kappa shape index (κ3) is 2.88. The van der Waals surface area contributed by atoms with E-state index in [2.05, 4.69) is 16.4 Å². The summed E-state index contributed by atoms with van der Waals surface area (Å²) in [4.78, 5) is 17.2. The summed E-state index contributed by atoms with van der Waals surface area (Å²) in [6, 6.07) is 2.26. The molecule has 1 saturated carbocycles. The van der Waals surface area contributed by atoms with Crippen LogP contribution in [-0.4, -0.2) is 10.9 Å². The number of amides is 1. The van der Waals surface area contributed by atoms with Crippen LogP contribution in [0.5, 0.6) is 0 Å². The number of thiazole rings is 1. The number of rotatable bonds is 3. The summed E-state index contributed by atoms with van der Waals surface area (Å²) < 4.78 is 0. The molecule has 1 N–H and O–H groups in total. The van der Waals surface area contributed by atoms with Crippen LogP contribution in [0.3, 0.4) is 0 Å². The van der Waals surface area contributed by atoms with Gasteiger partial charge in [0.2, 0.25) is 5.91 Å². The van der Waals surface area contributed by atoms with Crippen LogP contribution in [0.25, 0.3) is 0 Å². The summed E-state index contributed by atoms with van der Waals surface area (Å²) in [6.07, 6.45) is 7.34. The van der Waals surface area contributed by atoms with E-state index in [1.807, 2.05) is 0 Å². The van der Waals surface area contributed by atoms with E-state index < -0.39 is 5.41 Å². The van der Waals surface area contributed by atoms with Gasteiger partial charge in [-0.05, 0) is 12.8 Å². The van der Waals surface area contributed by atoms with E-state index in [9.17, 15) is 10.1 Å². The molecule has 0 spiro atoms. The summed E-state index contributed by atoms with van der Waals surface area (Å²) in [5, 5.41) is 12.3. The number of nitrogens with zero attached hydrogens (tertiary/aromatic N) is 2. The molecular weight excluding hydrogens is 246 g/mol. The van der Waals surface area contributed by atoms with Gasteiger partial charge in [-0.2, -0.15) is 5.26 Å². The van der Waals surface area contributed by atoms with Crippen LogP contribution in [0.2, 0.25) is 0 Å². The molecule has 0 unspecified atom stereocenters. The van der Waals surface area contributed by atoms with Gasteiger partial charge in [-0.25, -0.2) is 0 Å². The molecule has 0 atom stereocenters. The molecule has 1 aromatic heterocycles. The molecule has 0 radical (unpaired) electrons. The second kappa shape index (κ2) is 5.96. The Balaban J connectivity index is 1.98. The van der Waals surface area contributed by atoms with Crippen molar-refractivity contribution in [1.82, 2.24) is 10.3 Å². The molecular formula is C13H17N3OS. The van der Waals surface area contributed by atoms with Crippen LogP contribution in [-0.2, 0) is 11.3 Å². The van der Waals surface area contributed by atoms with Crippen molar-refractivity contribution >= 4 is 17.2 Å². The van der Waals surface area contributed by atoms with Crippen LogP contribution >= 0.6 is 11.3 Å². The van der Waals surface area contributed by atoms with Gasteiger partial charge in [0.25, 0.3) is 0 Å². The predicted molar refractivity (Wildman–Crippen MR) is 69.7 cm³/mol. The Morgan fingerprint density at radius 2 is 2.17 bits per heavy atom. The highest BCUT2D eigenvalue weighted by Crippen LogP contribution is 2.34. The van der Waals surface area contributed by atoms with Crippen molar-refractivity contribution in [3.05, 3.63) is 16.6 Å². The number of aromatic nitrogens is 1. The van der Waals surface area contributed by atoms with Crippen LogP contribution in [0.4, 0.5) is 0 Å². The third-order valence-electron chi connectivity index (χ3n) is 3.51. The number of nitriles is 1. The molecule has 1 fully saturated rings. The van der Waals surface area contributed by atoms with Crippen LogP contribution in [0.15, 0.2) is 11.7 Å². The second-order valence-electron chi connectivity index (χ2n) is 4.76. The number of hydrogen-bond acceptors (Lipinski definition) is 4. The Labute approximate surface area is 111 Å². The molecule has 1 heterocycles. The zero-order valence-corrected chi connectivity index (χ0v) is 11.1. The van der Waals surface area contributed by atoms with Crippen molar-refractivity contribution < 1.29 is 4.79 Å². The Morgan fingerprint density at radius 1 is 1.44 bits per heavy atom. The van der Waals surface area contributed by atoms with Crippen LogP contribution in [0.1, 0.15) is 43.4 Å². The topological polar surface area (TPSA) is 65.8 Å². The molecule has 0 saturated heterocycles. The van der Waals surface area contributed by atoms with Gasteiger partial charge in [0.1, 0.15) is 5.41 Å². The molecule has 0 aliphatic heterocycles. The Bertz CT molecular complexity index is 428. The van der Waals surface area contributed by atoms with E-state index in [1.54, 1.807) is 11.7 Å². The SMILES string of the molecule is N#CC1(C(=O)NCc2cncs2)CCCCCC1. The highest BCUT2D eigenvalue weighted by Gasteiger charge is 2.38. The van der Waals surface area contributed by atoms with E-state index in [1.165, 1.54) is 11.3 Å². The fourth-order valence-corrected chi connectivity index (χ4v) is 2.92. The lowest BCUT2D eigenvalue weighted by Crippen LogP contribution is -2.39. The molecule has 96 valence electrons. The second-order valence-corrected chi connectivity index (χ2v) is 5.73. The number of carbonyl (C=O) groups excluding carboxylic acids is 1. The summed E-state index contributed by atoms with van der Waals surface area (Å²) in [5.41, 5.74) is 0.939. The first-order valence-electron chi connectivity index (χ1n) is 6.34. The van der Waals surface area contributed by atoms with Crippen molar-refractivity contribution in [3.63, 3.8) is 0 Å². The van der Waals surface area contributed by atoms with Crippen molar-refractivity contribution in [2.24, 2.45) is 5.41 Å². The first-order valence-corrected chi connectivity index (χ1v) is 7.22. The number of nitrogens with one attached hydrogen (secondary N) is 1. The summed E-state index contributed by atoms with van der Waals surface area (Å²) >= 11 is 1.51. The molecule has 1 aromatic rings. The van der Waals surface area contributed by atoms with Gasteiger partial charge in [0.05, 0.1) is 18.1 Å². The minimum Gasteiger partial charge on any atom is -0.350 e. The highest BCUT2D eigenvalue weighted by atomic mass is 32.1. The maximum atomic E-state index is 12.2. The molecule has 4 nitrogen and oxygen atoms in total. The van der Waals surface area contributed by atoms with Crippen molar-refractivity contribution in [2.45, 2.75) is 45.1 Å². The molecule has 1 aliphatic carbocycles. The molecule has 0 bridgehead atoms. The molecule has 1 aliphatic rings. The zero-order valence-electron chi connectivity index (χ0n) is 10.3. The molecule has 1 amide bonds. The fourth-order valence-electron chi connectivity index (χ4n) is 2.39. The highest BCUT2D eigenvalue weighted by molar-refractivity contribution is 7.09. The summed E-state index contributed by atoms with van der Waals surface area (Å²) in [6.45, 7) is 0.479. The Kier molecular flexibility index (Phi) is 4.32. The Morgan fingerprint density at radius 3 is 2.72 bits per heavy atom. The van der Waals surface area contributed by atoms with Gasteiger partial charge < -0.3 is 5.32 Å². The van der Waals surface area contributed by atoms with Gasteiger partial charge >= 0.3 is 0 Å².